The second-order valence-electron chi connectivity index (χ2n) is 24.7. The summed E-state index contributed by atoms with van der Waals surface area (Å²) in [6.45, 7) is 24.8. The van der Waals surface area contributed by atoms with Crippen LogP contribution in [0.2, 0.25) is 0 Å². The molecule has 6 heteroatoms. The van der Waals surface area contributed by atoms with E-state index in [4.69, 9.17) is 18.9 Å². The van der Waals surface area contributed by atoms with E-state index in [1.54, 1.807) is 5.57 Å². The lowest BCUT2D eigenvalue weighted by molar-refractivity contribution is -0.101. The van der Waals surface area contributed by atoms with Gasteiger partial charge < -0.3 is 28.7 Å². The van der Waals surface area contributed by atoms with Crippen molar-refractivity contribution in [3.05, 3.63) is 36.0 Å². The van der Waals surface area contributed by atoms with Gasteiger partial charge in [0.1, 0.15) is 0 Å². The molecule has 0 bridgehead atoms. The molecule has 3 saturated carbocycles. The predicted octanol–water partition coefficient (Wildman–Crippen LogP) is 15.7. The van der Waals surface area contributed by atoms with Crippen molar-refractivity contribution in [2.45, 2.75) is 245 Å². The lowest BCUT2D eigenvalue weighted by atomic mass is 9.48. The summed E-state index contributed by atoms with van der Waals surface area (Å²) in [6.07, 6.45) is 50.8. The van der Waals surface area contributed by atoms with E-state index in [0.29, 0.717) is 43.9 Å². The minimum absolute atomic E-state index is 0.0801. The smallest absolute Gasteiger partial charge is 0.0936 e. The third-order valence-corrected chi connectivity index (χ3v) is 19.0. The number of hydrogen-bond acceptors (Lipinski definition) is 6. The molecule has 5 unspecified atom stereocenters. The molecule has 6 nitrogen and oxygen atoms in total. The average Bonchev–Trinajstić information content (AvgIpc) is 3.69. The Bertz CT molecular complexity index is 1450. The van der Waals surface area contributed by atoms with Gasteiger partial charge >= 0.3 is 0 Å². The molecule has 0 aromatic heterocycles. The highest BCUT2D eigenvalue weighted by Gasteiger charge is 2.57. The molecule has 2 heterocycles. The first-order chi connectivity index (χ1) is 33.1. The highest BCUT2D eigenvalue weighted by Crippen LogP contribution is 2.66. The lowest BCUT2D eigenvalue weighted by Gasteiger charge is -2.57. The Hall–Kier alpha value is -1.02. The molecule has 2 saturated heterocycles. The van der Waals surface area contributed by atoms with Crippen molar-refractivity contribution >= 4 is 0 Å². The van der Waals surface area contributed by atoms with E-state index in [1.165, 1.54) is 193 Å². The molecule has 0 amide bonds. The van der Waals surface area contributed by atoms with Crippen LogP contribution in [0, 0.1) is 40.4 Å². The summed E-state index contributed by atoms with van der Waals surface area (Å²) < 4.78 is 25.8. The zero-order chi connectivity index (χ0) is 47.9. The topological polar surface area (TPSA) is 43.4 Å². The fraction of sp³-hybridized carbons (Fsp3) is 0.903. The fourth-order valence-corrected chi connectivity index (χ4v) is 14.7. The van der Waals surface area contributed by atoms with Gasteiger partial charge in [-0.1, -0.05) is 135 Å². The molecule has 0 spiro atoms. The van der Waals surface area contributed by atoms with E-state index < -0.39 is 0 Å². The molecule has 68 heavy (non-hydrogen) atoms. The van der Waals surface area contributed by atoms with Gasteiger partial charge in [0.15, 0.2) is 0 Å². The van der Waals surface area contributed by atoms with Crippen LogP contribution < -0.4 is 0 Å². The van der Waals surface area contributed by atoms with E-state index in [9.17, 15) is 0 Å². The van der Waals surface area contributed by atoms with Crippen molar-refractivity contribution in [2.75, 3.05) is 72.4 Å². The zero-order valence-electron chi connectivity index (χ0n) is 45.7. The largest absolute Gasteiger partial charge is 0.379 e. The van der Waals surface area contributed by atoms with Gasteiger partial charge in [-0.3, -0.25) is 0 Å². The molecule has 6 rings (SSSR count). The summed E-state index contributed by atoms with van der Waals surface area (Å²) in [7, 11) is 0. The van der Waals surface area contributed by atoms with Crippen LogP contribution >= 0.6 is 0 Å². The van der Waals surface area contributed by atoms with Crippen molar-refractivity contribution < 1.29 is 18.9 Å². The first kappa shape index (κ1) is 56.3. The van der Waals surface area contributed by atoms with Gasteiger partial charge in [-0.05, 0) is 196 Å². The fourth-order valence-electron chi connectivity index (χ4n) is 14.7. The van der Waals surface area contributed by atoms with Crippen LogP contribution in [0.15, 0.2) is 36.0 Å². The third-order valence-electron chi connectivity index (χ3n) is 19.0. The SMILES string of the molecule is CCCCC/C=C\C/C=C\CCCCCCCCOCC(CN1CCC(N2CCCCC2)CC1)OCCOCCO[C@@]1(C)CC[C@@]2(C)C(=CCC3C4CC[C@](C)(CCCCC(C)C)C4CCC32)C1. The van der Waals surface area contributed by atoms with Gasteiger partial charge in [0.25, 0.3) is 0 Å². The van der Waals surface area contributed by atoms with E-state index in [2.05, 4.69) is 81.7 Å². The highest BCUT2D eigenvalue weighted by molar-refractivity contribution is 5.26. The average molecular weight is 948 g/mol. The molecule has 0 aromatic rings. The van der Waals surface area contributed by atoms with E-state index in [-0.39, 0.29) is 11.7 Å². The zero-order valence-corrected chi connectivity index (χ0v) is 45.7. The standard InChI is InChI=1S/C62H110N2O4/c1-7-8-9-10-11-12-13-14-15-16-17-18-19-20-21-27-44-66-51-55(50-63-42-34-54(35-43-63)64-40-25-22-26-41-64)67-47-45-65-46-48-68-61(5)38-39-62(6)53(49-61)29-30-56-57-33-37-60(4,36-24-23-28-52(2)3)58(57)31-32-59(56)62/h11-12,14-15,29,52,54-59H,7-10,13,16-28,30-51H2,1-6H3/b12-11-,15-14-/t55?,56?,57?,58?,59?,60-,61-,62-/m0/s1. The Morgan fingerprint density at radius 2 is 1.38 bits per heavy atom. The summed E-state index contributed by atoms with van der Waals surface area (Å²) in [5.74, 6) is 4.55. The number of nitrogens with zero attached hydrogens (tertiary/aromatic N) is 2. The van der Waals surface area contributed by atoms with Crippen molar-refractivity contribution in [3.8, 4) is 0 Å². The second-order valence-corrected chi connectivity index (χ2v) is 24.7. The van der Waals surface area contributed by atoms with Crippen molar-refractivity contribution in [2.24, 2.45) is 40.4 Å². The van der Waals surface area contributed by atoms with Crippen LogP contribution in [0.4, 0.5) is 0 Å². The number of ether oxygens (including phenoxy) is 4. The maximum absolute atomic E-state index is 6.74. The highest BCUT2D eigenvalue weighted by atomic mass is 16.6. The van der Waals surface area contributed by atoms with E-state index in [1.807, 2.05) is 0 Å². The number of likely N-dealkylation sites (tertiary alicyclic amines) is 2. The number of piperidine rings is 2. The minimum atomic E-state index is -0.0801. The molecular weight excluding hydrogens is 837 g/mol. The molecule has 2 aliphatic heterocycles. The van der Waals surface area contributed by atoms with Crippen molar-refractivity contribution in [1.29, 1.82) is 0 Å². The molecule has 6 aliphatic rings. The Morgan fingerprint density at radius 1 is 0.662 bits per heavy atom. The number of hydrogen-bond donors (Lipinski definition) is 0. The van der Waals surface area contributed by atoms with Gasteiger partial charge in [0.2, 0.25) is 0 Å². The maximum Gasteiger partial charge on any atom is 0.0936 e. The first-order valence-corrected chi connectivity index (χ1v) is 30.0. The number of rotatable bonds is 33. The minimum Gasteiger partial charge on any atom is -0.379 e. The summed E-state index contributed by atoms with van der Waals surface area (Å²) in [6, 6.07) is 0.775. The summed E-state index contributed by atoms with van der Waals surface area (Å²) >= 11 is 0. The number of unbranched alkanes of at least 4 members (excludes halogenated alkanes) is 10. The van der Waals surface area contributed by atoms with Gasteiger partial charge in [-0.25, -0.2) is 0 Å². The van der Waals surface area contributed by atoms with Gasteiger partial charge in [0, 0.05) is 19.2 Å². The van der Waals surface area contributed by atoms with Crippen molar-refractivity contribution in [1.82, 2.24) is 9.80 Å². The molecule has 0 N–H and O–H groups in total. The molecule has 392 valence electrons. The van der Waals surface area contributed by atoms with Crippen LogP contribution in [0.25, 0.3) is 0 Å². The predicted molar refractivity (Wildman–Crippen MR) is 288 cm³/mol. The Labute approximate surface area is 421 Å². The molecule has 5 fully saturated rings. The van der Waals surface area contributed by atoms with Crippen LogP contribution in [-0.4, -0.2) is 99.9 Å². The Balaban J connectivity index is 0.849. The Morgan fingerprint density at radius 3 is 2.15 bits per heavy atom. The summed E-state index contributed by atoms with van der Waals surface area (Å²) in [4.78, 5) is 5.43. The second kappa shape index (κ2) is 30.2. The summed E-state index contributed by atoms with van der Waals surface area (Å²) in [5, 5.41) is 0. The monoisotopic (exact) mass is 947 g/mol. The normalized spacial score (nSPS) is 31.1. The van der Waals surface area contributed by atoms with Crippen LogP contribution in [0.1, 0.15) is 228 Å². The lowest BCUT2D eigenvalue weighted by Crippen LogP contribution is -2.50. The van der Waals surface area contributed by atoms with Crippen LogP contribution in [0.5, 0.6) is 0 Å². The molecule has 8 atom stereocenters. The van der Waals surface area contributed by atoms with E-state index in [0.717, 1.165) is 68.0 Å². The molecular formula is C62H110N2O4. The van der Waals surface area contributed by atoms with Gasteiger partial charge in [0.05, 0.1) is 44.7 Å². The number of fused-ring (bicyclic) bond motifs is 5. The summed E-state index contributed by atoms with van der Waals surface area (Å²) in [5.41, 5.74) is 2.60. The van der Waals surface area contributed by atoms with E-state index >= 15 is 0 Å². The molecule has 0 aromatic carbocycles. The van der Waals surface area contributed by atoms with Crippen LogP contribution in [-0.2, 0) is 18.9 Å². The maximum atomic E-state index is 6.74. The Kier molecular flexibility index (Phi) is 25.0. The number of allylic oxidation sites excluding steroid dienone is 5. The van der Waals surface area contributed by atoms with Gasteiger partial charge in [-0.15, -0.1) is 0 Å². The third kappa shape index (κ3) is 17.9. The quantitative estimate of drug-likeness (QED) is 0.0482. The first-order valence-electron chi connectivity index (χ1n) is 30.0. The molecule has 0 radical (unpaired) electrons. The van der Waals surface area contributed by atoms with Gasteiger partial charge in [-0.2, -0.15) is 0 Å². The molecule has 4 aliphatic carbocycles. The van der Waals surface area contributed by atoms with Crippen molar-refractivity contribution in [3.63, 3.8) is 0 Å². The van der Waals surface area contributed by atoms with Crippen LogP contribution in [0.3, 0.4) is 0 Å².